The van der Waals surface area contributed by atoms with Gasteiger partial charge in [-0.05, 0) is 38.7 Å². The van der Waals surface area contributed by atoms with Crippen LogP contribution in [0.5, 0.6) is 0 Å². The van der Waals surface area contributed by atoms with Gasteiger partial charge in [0.15, 0.2) is 5.96 Å². The molecule has 0 radical (unpaired) electrons. The minimum atomic E-state index is 0.452. The lowest BCUT2D eigenvalue weighted by Crippen LogP contribution is -2.38. The van der Waals surface area contributed by atoms with E-state index in [1.165, 1.54) is 0 Å². The molecule has 6 nitrogen and oxygen atoms in total. The van der Waals surface area contributed by atoms with Gasteiger partial charge < -0.3 is 15.4 Å². The second-order valence-corrected chi connectivity index (χ2v) is 5.38. The molecule has 0 bridgehead atoms. The first-order valence-electron chi connectivity index (χ1n) is 8.33. The zero-order chi connectivity index (χ0) is 16.0. The molecular weight excluding hydrogens is 278 g/mol. The Hall–Kier alpha value is -1.56. The Kier molecular flexibility index (Phi) is 10.1. The fourth-order valence-electron chi connectivity index (χ4n) is 2.05. The van der Waals surface area contributed by atoms with Crippen molar-refractivity contribution in [2.75, 3.05) is 32.8 Å². The molecular formula is C16H31N5O. The fraction of sp³-hybridized carbons (Fsp3) is 0.750. The summed E-state index contributed by atoms with van der Waals surface area (Å²) >= 11 is 0. The van der Waals surface area contributed by atoms with Crippen molar-refractivity contribution < 1.29 is 4.74 Å². The Morgan fingerprint density at radius 2 is 2.18 bits per heavy atom. The molecule has 126 valence electrons. The van der Waals surface area contributed by atoms with E-state index < -0.39 is 0 Å². The molecule has 22 heavy (non-hydrogen) atoms. The van der Waals surface area contributed by atoms with Gasteiger partial charge in [-0.1, -0.05) is 6.92 Å². The van der Waals surface area contributed by atoms with Gasteiger partial charge in [0.05, 0.1) is 0 Å². The first-order valence-corrected chi connectivity index (χ1v) is 8.33. The van der Waals surface area contributed by atoms with Crippen LogP contribution in [0.15, 0.2) is 23.5 Å². The van der Waals surface area contributed by atoms with Gasteiger partial charge in [0.25, 0.3) is 0 Å². The average Bonchev–Trinajstić information content (AvgIpc) is 3.01. The first kappa shape index (κ1) is 18.5. The number of nitrogens with one attached hydrogen (secondary N) is 2. The van der Waals surface area contributed by atoms with Crippen molar-refractivity contribution >= 4 is 5.96 Å². The Bertz CT molecular complexity index is 391. The number of hydrogen-bond acceptors (Lipinski definition) is 3. The van der Waals surface area contributed by atoms with E-state index >= 15 is 0 Å². The normalized spacial score (nSPS) is 13.1. The van der Waals surface area contributed by atoms with E-state index in [4.69, 9.17) is 4.74 Å². The van der Waals surface area contributed by atoms with Gasteiger partial charge in [-0.15, -0.1) is 0 Å². The number of nitrogens with zero attached hydrogens (tertiary/aromatic N) is 3. The summed E-state index contributed by atoms with van der Waals surface area (Å²) in [5.41, 5.74) is 0. The number of hydrogen-bond donors (Lipinski definition) is 2. The zero-order valence-corrected chi connectivity index (χ0v) is 14.2. The van der Waals surface area contributed by atoms with Crippen molar-refractivity contribution in [2.45, 2.75) is 40.2 Å². The molecule has 0 saturated heterocycles. The number of ether oxygens (including phenoxy) is 1. The van der Waals surface area contributed by atoms with Crippen molar-refractivity contribution in [3.8, 4) is 0 Å². The van der Waals surface area contributed by atoms with E-state index in [1.807, 2.05) is 30.1 Å². The standard InChI is InChI=1S/C16H31N5O/c1-4-17-16(18-9-6-7-12-22-5-2)19-13-15(3)14-21-11-8-10-20-21/h8,10-11,15H,4-7,9,12-14H2,1-3H3,(H2,17,18,19). The number of aliphatic imine (C=N–C) groups is 1. The molecule has 0 aromatic carbocycles. The SMILES string of the molecule is CCNC(=NCC(C)Cn1cccn1)NCCCCOCC. The Labute approximate surface area is 134 Å². The first-order chi connectivity index (χ1) is 10.8. The second-order valence-electron chi connectivity index (χ2n) is 5.38. The van der Waals surface area contributed by atoms with Crippen LogP contribution in [0.1, 0.15) is 33.6 Å². The minimum absolute atomic E-state index is 0.452. The Balaban J connectivity index is 2.25. The van der Waals surface area contributed by atoms with Crippen LogP contribution < -0.4 is 10.6 Å². The summed E-state index contributed by atoms with van der Waals surface area (Å²) < 4.78 is 7.29. The molecule has 6 heteroatoms. The van der Waals surface area contributed by atoms with Crippen LogP contribution in [0, 0.1) is 5.92 Å². The van der Waals surface area contributed by atoms with Crippen LogP contribution in [0.4, 0.5) is 0 Å². The molecule has 0 fully saturated rings. The van der Waals surface area contributed by atoms with Crippen LogP contribution in [-0.4, -0.2) is 48.6 Å². The van der Waals surface area contributed by atoms with E-state index in [0.717, 1.165) is 58.2 Å². The summed E-state index contributed by atoms with van der Waals surface area (Å²) in [7, 11) is 0. The molecule has 0 spiro atoms. The fourth-order valence-corrected chi connectivity index (χ4v) is 2.05. The molecule has 1 unspecified atom stereocenters. The molecule has 1 heterocycles. The maximum atomic E-state index is 5.34. The maximum Gasteiger partial charge on any atom is 0.191 e. The van der Waals surface area contributed by atoms with Crippen molar-refractivity contribution in [1.82, 2.24) is 20.4 Å². The lowest BCUT2D eigenvalue weighted by molar-refractivity contribution is 0.143. The number of rotatable bonds is 11. The Morgan fingerprint density at radius 3 is 2.86 bits per heavy atom. The molecule has 0 aliphatic rings. The number of guanidine groups is 1. The monoisotopic (exact) mass is 309 g/mol. The number of unbranched alkanes of at least 4 members (excludes halogenated alkanes) is 1. The molecule has 1 aromatic heterocycles. The van der Waals surface area contributed by atoms with Gasteiger partial charge in [0.1, 0.15) is 0 Å². The lowest BCUT2D eigenvalue weighted by Gasteiger charge is -2.13. The highest BCUT2D eigenvalue weighted by molar-refractivity contribution is 5.79. The molecule has 1 aromatic rings. The van der Waals surface area contributed by atoms with Crippen molar-refractivity contribution in [1.29, 1.82) is 0 Å². The van der Waals surface area contributed by atoms with Crippen molar-refractivity contribution in [3.63, 3.8) is 0 Å². The third-order valence-electron chi connectivity index (χ3n) is 3.18. The van der Waals surface area contributed by atoms with Crippen molar-refractivity contribution in [2.24, 2.45) is 10.9 Å². The molecule has 0 saturated carbocycles. The van der Waals surface area contributed by atoms with Crippen LogP contribution in [0.3, 0.4) is 0 Å². The third-order valence-corrected chi connectivity index (χ3v) is 3.18. The second kappa shape index (κ2) is 12.0. The van der Waals surface area contributed by atoms with Gasteiger partial charge in [0, 0.05) is 51.8 Å². The Morgan fingerprint density at radius 1 is 1.32 bits per heavy atom. The highest BCUT2D eigenvalue weighted by Gasteiger charge is 2.04. The van der Waals surface area contributed by atoms with Crippen molar-refractivity contribution in [3.05, 3.63) is 18.5 Å². The summed E-state index contributed by atoms with van der Waals surface area (Å²) in [4.78, 5) is 4.65. The van der Waals surface area contributed by atoms with E-state index in [9.17, 15) is 0 Å². The van der Waals surface area contributed by atoms with Crippen LogP contribution in [-0.2, 0) is 11.3 Å². The molecule has 0 aliphatic heterocycles. The summed E-state index contributed by atoms with van der Waals surface area (Å²) in [6, 6.07) is 1.95. The zero-order valence-electron chi connectivity index (χ0n) is 14.2. The summed E-state index contributed by atoms with van der Waals surface area (Å²) in [6.07, 6.45) is 5.97. The summed E-state index contributed by atoms with van der Waals surface area (Å²) in [6.45, 7) is 11.4. The third kappa shape index (κ3) is 8.67. The topological polar surface area (TPSA) is 63.5 Å². The van der Waals surface area contributed by atoms with E-state index in [-0.39, 0.29) is 0 Å². The predicted octanol–water partition coefficient (Wildman–Crippen LogP) is 1.89. The van der Waals surface area contributed by atoms with Crippen LogP contribution in [0.25, 0.3) is 0 Å². The van der Waals surface area contributed by atoms with Gasteiger partial charge >= 0.3 is 0 Å². The van der Waals surface area contributed by atoms with Gasteiger partial charge in [-0.3, -0.25) is 9.67 Å². The minimum Gasteiger partial charge on any atom is -0.382 e. The van der Waals surface area contributed by atoms with Gasteiger partial charge in [-0.2, -0.15) is 5.10 Å². The smallest absolute Gasteiger partial charge is 0.191 e. The highest BCUT2D eigenvalue weighted by atomic mass is 16.5. The van der Waals surface area contributed by atoms with Crippen LogP contribution in [0.2, 0.25) is 0 Å². The highest BCUT2D eigenvalue weighted by Crippen LogP contribution is 2.00. The molecule has 0 amide bonds. The van der Waals surface area contributed by atoms with E-state index in [1.54, 1.807) is 0 Å². The average molecular weight is 309 g/mol. The number of aromatic nitrogens is 2. The van der Waals surface area contributed by atoms with E-state index in [0.29, 0.717) is 5.92 Å². The lowest BCUT2D eigenvalue weighted by atomic mass is 10.2. The van der Waals surface area contributed by atoms with E-state index in [2.05, 4.69) is 34.6 Å². The van der Waals surface area contributed by atoms with Gasteiger partial charge in [-0.25, -0.2) is 0 Å². The van der Waals surface area contributed by atoms with Gasteiger partial charge in [0.2, 0.25) is 0 Å². The maximum absolute atomic E-state index is 5.34. The van der Waals surface area contributed by atoms with Crippen LogP contribution >= 0.6 is 0 Å². The quantitative estimate of drug-likeness (QED) is 0.372. The summed E-state index contributed by atoms with van der Waals surface area (Å²) in [5.74, 6) is 1.35. The predicted molar refractivity (Wildman–Crippen MR) is 91.1 cm³/mol. The molecule has 2 N–H and O–H groups in total. The molecule has 1 rings (SSSR count). The molecule has 0 aliphatic carbocycles. The summed E-state index contributed by atoms with van der Waals surface area (Å²) in [5, 5.41) is 10.9. The molecule has 1 atom stereocenters. The largest absolute Gasteiger partial charge is 0.382 e.